The lowest BCUT2D eigenvalue weighted by Crippen LogP contribution is -1.97. The lowest BCUT2D eigenvalue weighted by Gasteiger charge is -2.13. The summed E-state index contributed by atoms with van der Waals surface area (Å²) in [6.45, 7) is 3.68. The van der Waals surface area contributed by atoms with E-state index in [1.54, 1.807) is 18.3 Å². The van der Waals surface area contributed by atoms with Crippen LogP contribution in [0.25, 0.3) is 10.9 Å². The Morgan fingerprint density at radius 1 is 1.22 bits per heavy atom. The molecule has 1 N–H and O–H groups in total. The number of allylic oxidation sites excluding steroid dienone is 1. The van der Waals surface area contributed by atoms with Gasteiger partial charge in [-0.05, 0) is 24.6 Å². The maximum Gasteiger partial charge on any atom is 0.168 e. The van der Waals surface area contributed by atoms with Crippen molar-refractivity contribution in [2.24, 2.45) is 0 Å². The molecule has 0 saturated heterocycles. The molecule has 0 radical (unpaired) electrons. The molecule has 3 nitrogen and oxygen atoms in total. The van der Waals surface area contributed by atoms with Crippen molar-refractivity contribution in [3.63, 3.8) is 0 Å². The number of aromatic nitrogens is 1. The van der Waals surface area contributed by atoms with E-state index in [4.69, 9.17) is 10.00 Å². The Balaban J connectivity index is 2.12. The van der Waals surface area contributed by atoms with E-state index in [2.05, 4.69) is 11.6 Å². The van der Waals surface area contributed by atoms with Crippen LogP contribution < -0.4 is 4.74 Å². The Morgan fingerprint density at radius 2 is 2.04 bits per heavy atom. The van der Waals surface area contributed by atoms with Crippen molar-refractivity contribution in [3.05, 3.63) is 71.9 Å². The summed E-state index contributed by atoms with van der Waals surface area (Å²) in [6, 6.07) is 8.61. The Hall–Kier alpha value is -3.13. The number of rotatable bonds is 4. The van der Waals surface area contributed by atoms with Crippen LogP contribution >= 0.6 is 0 Å². The summed E-state index contributed by atoms with van der Waals surface area (Å²) in [6.07, 6.45) is 3.78. The van der Waals surface area contributed by atoms with Gasteiger partial charge in [-0.2, -0.15) is 5.26 Å². The third-order valence-corrected chi connectivity index (χ3v) is 3.49. The van der Waals surface area contributed by atoms with Crippen LogP contribution in [0.4, 0.5) is 8.78 Å². The van der Waals surface area contributed by atoms with Gasteiger partial charge in [-0.3, -0.25) is 0 Å². The first-order valence-electron chi connectivity index (χ1n) is 6.91. The minimum atomic E-state index is -0.646. The summed E-state index contributed by atoms with van der Waals surface area (Å²) < 4.78 is 33.4. The molecule has 114 valence electrons. The van der Waals surface area contributed by atoms with Crippen molar-refractivity contribution in [2.45, 2.75) is 6.42 Å². The molecule has 0 saturated carbocycles. The van der Waals surface area contributed by atoms with E-state index in [0.29, 0.717) is 17.5 Å². The predicted molar refractivity (Wildman–Crippen MR) is 83.3 cm³/mol. The lowest BCUT2D eigenvalue weighted by atomic mass is 10.1. The largest absolute Gasteiger partial charge is 0.454 e. The van der Waals surface area contributed by atoms with Crippen LogP contribution in [0.2, 0.25) is 0 Å². The zero-order valence-electron chi connectivity index (χ0n) is 12.1. The molecule has 3 rings (SSSR count). The molecule has 0 aliphatic heterocycles. The summed E-state index contributed by atoms with van der Waals surface area (Å²) in [7, 11) is 0. The first kappa shape index (κ1) is 14.8. The topological polar surface area (TPSA) is 48.8 Å². The Kier molecular flexibility index (Phi) is 3.82. The van der Waals surface area contributed by atoms with Gasteiger partial charge >= 0.3 is 0 Å². The van der Waals surface area contributed by atoms with Crippen molar-refractivity contribution in [2.75, 3.05) is 0 Å². The molecule has 2 aromatic carbocycles. The zero-order chi connectivity index (χ0) is 16.4. The number of halogens is 2. The molecular weight excluding hydrogens is 298 g/mol. The van der Waals surface area contributed by atoms with Gasteiger partial charge in [0.05, 0.1) is 5.56 Å². The highest BCUT2D eigenvalue weighted by atomic mass is 19.1. The molecule has 1 aromatic heterocycles. The van der Waals surface area contributed by atoms with Gasteiger partial charge in [0.25, 0.3) is 0 Å². The van der Waals surface area contributed by atoms with Crippen LogP contribution in [0.5, 0.6) is 11.5 Å². The van der Waals surface area contributed by atoms with E-state index in [9.17, 15) is 8.78 Å². The fraction of sp³-hybridized carbons (Fsp3) is 0.0556. The highest BCUT2D eigenvalue weighted by Crippen LogP contribution is 2.35. The van der Waals surface area contributed by atoms with Crippen molar-refractivity contribution in [1.29, 1.82) is 5.26 Å². The zero-order valence-corrected chi connectivity index (χ0v) is 12.1. The minimum Gasteiger partial charge on any atom is -0.454 e. The van der Waals surface area contributed by atoms with Gasteiger partial charge in [-0.15, -0.1) is 6.58 Å². The molecule has 0 atom stereocenters. The van der Waals surface area contributed by atoms with Crippen molar-refractivity contribution < 1.29 is 13.5 Å². The summed E-state index contributed by atoms with van der Waals surface area (Å²) in [5, 5.41) is 9.70. The Morgan fingerprint density at radius 3 is 2.78 bits per heavy atom. The molecule has 3 aromatic rings. The number of nitriles is 1. The standard InChI is InChI=1S/C18H12F2N2O/c1-2-3-14-13-6-7-22-17(13)9-16(20)18(14)23-12-4-5-15(19)11(8-12)10-21/h2,4-9,22H,1,3H2. The molecule has 0 aliphatic carbocycles. The Bertz CT molecular complexity index is 938. The monoisotopic (exact) mass is 310 g/mol. The van der Waals surface area contributed by atoms with Gasteiger partial charge < -0.3 is 9.72 Å². The normalized spacial score (nSPS) is 10.5. The van der Waals surface area contributed by atoms with E-state index in [1.807, 2.05) is 6.07 Å². The van der Waals surface area contributed by atoms with Crippen molar-refractivity contribution in [3.8, 4) is 17.6 Å². The van der Waals surface area contributed by atoms with Gasteiger partial charge in [0, 0.05) is 34.8 Å². The number of fused-ring (bicyclic) bond motifs is 1. The van der Waals surface area contributed by atoms with Crippen molar-refractivity contribution >= 4 is 10.9 Å². The summed E-state index contributed by atoms with van der Waals surface area (Å²) in [5.74, 6) is -0.943. The molecule has 0 bridgehead atoms. The van der Waals surface area contributed by atoms with Crippen LogP contribution in [0.15, 0.2) is 49.2 Å². The second kappa shape index (κ2) is 5.93. The number of nitrogens with zero attached hydrogens (tertiary/aromatic N) is 1. The Labute approximate surface area is 131 Å². The number of hydrogen-bond donors (Lipinski definition) is 1. The maximum absolute atomic E-state index is 14.4. The van der Waals surface area contributed by atoms with Crippen molar-refractivity contribution in [1.82, 2.24) is 4.98 Å². The third kappa shape index (κ3) is 2.67. The second-order valence-corrected chi connectivity index (χ2v) is 4.95. The number of hydrogen-bond acceptors (Lipinski definition) is 2. The van der Waals surface area contributed by atoms with Gasteiger partial charge in [0.1, 0.15) is 17.6 Å². The molecular formula is C18H12F2N2O. The average molecular weight is 310 g/mol. The smallest absolute Gasteiger partial charge is 0.168 e. The summed E-state index contributed by atoms with van der Waals surface area (Å²) >= 11 is 0. The highest BCUT2D eigenvalue weighted by molar-refractivity contribution is 5.85. The molecule has 1 heterocycles. The predicted octanol–water partition coefficient (Wildman–Crippen LogP) is 4.84. The van der Waals surface area contributed by atoms with Crippen LogP contribution in [0.1, 0.15) is 11.1 Å². The SMILES string of the molecule is C=CCc1c(Oc2ccc(F)c(C#N)c2)c(F)cc2[nH]ccc12. The number of nitrogens with one attached hydrogen (secondary N) is 1. The quantitative estimate of drug-likeness (QED) is 0.701. The summed E-state index contributed by atoms with van der Waals surface area (Å²) in [4.78, 5) is 2.95. The maximum atomic E-state index is 14.4. The first-order valence-corrected chi connectivity index (χ1v) is 6.91. The van der Waals surface area contributed by atoms with E-state index >= 15 is 0 Å². The van der Waals surface area contributed by atoms with Crippen LogP contribution in [-0.4, -0.2) is 4.98 Å². The number of H-pyrrole nitrogens is 1. The number of benzene rings is 2. The molecule has 0 unspecified atom stereocenters. The molecule has 5 heteroatoms. The number of aromatic amines is 1. The van der Waals surface area contributed by atoms with Gasteiger partial charge in [0.15, 0.2) is 11.6 Å². The van der Waals surface area contributed by atoms with Crippen LogP contribution in [0.3, 0.4) is 0 Å². The lowest BCUT2D eigenvalue weighted by molar-refractivity contribution is 0.437. The van der Waals surface area contributed by atoms with Gasteiger partial charge in [0.2, 0.25) is 0 Å². The van der Waals surface area contributed by atoms with E-state index in [-0.39, 0.29) is 17.1 Å². The summed E-state index contributed by atoms with van der Waals surface area (Å²) in [5.41, 5.74) is 1.14. The second-order valence-electron chi connectivity index (χ2n) is 4.95. The molecule has 0 aliphatic rings. The third-order valence-electron chi connectivity index (χ3n) is 3.49. The van der Waals surface area contributed by atoms with Crippen LogP contribution in [0, 0.1) is 23.0 Å². The van der Waals surface area contributed by atoms with Crippen LogP contribution in [-0.2, 0) is 6.42 Å². The van der Waals surface area contributed by atoms with E-state index in [1.165, 1.54) is 18.2 Å². The first-order chi connectivity index (χ1) is 11.1. The fourth-order valence-corrected chi connectivity index (χ4v) is 2.45. The number of ether oxygens (including phenoxy) is 1. The van der Waals surface area contributed by atoms with E-state index < -0.39 is 11.6 Å². The minimum absolute atomic E-state index is 0.0486. The highest BCUT2D eigenvalue weighted by Gasteiger charge is 2.16. The fourth-order valence-electron chi connectivity index (χ4n) is 2.45. The van der Waals surface area contributed by atoms with E-state index in [0.717, 1.165) is 11.5 Å². The van der Waals surface area contributed by atoms with Gasteiger partial charge in [-0.1, -0.05) is 6.08 Å². The van der Waals surface area contributed by atoms with Gasteiger partial charge in [-0.25, -0.2) is 8.78 Å². The molecule has 23 heavy (non-hydrogen) atoms. The molecule has 0 spiro atoms. The average Bonchev–Trinajstić information content (AvgIpc) is 3.00. The molecule has 0 amide bonds. The molecule has 0 fully saturated rings.